The largest absolute Gasteiger partial charge is 0.505 e. The summed E-state index contributed by atoms with van der Waals surface area (Å²) in [5, 5.41) is 77.8. The third-order valence-corrected chi connectivity index (χ3v) is 22.3. The summed E-state index contributed by atoms with van der Waals surface area (Å²) in [5.41, 5.74) is 12.2. The van der Waals surface area contributed by atoms with Gasteiger partial charge in [-0.1, -0.05) is 150 Å². The van der Waals surface area contributed by atoms with Crippen molar-refractivity contribution in [2.45, 2.75) is 131 Å². The van der Waals surface area contributed by atoms with Gasteiger partial charge in [-0.3, -0.25) is 63.9 Å². The van der Waals surface area contributed by atoms with Gasteiger partial charge in [0.05, 0.1) is 101 Å². The van der Waals surface area contributed by atoms with E-state index in [0.717, 1.165) is 190 Å². The van der Waals surface area contributed by atoms with Crippen molar-refractivity contribution in [3.63, 3.8) is 0 Å². The predicted molar refractivity (Wildman–Crippen MR) is 501 cm³/mol. The number of ketones is 2. The highest BCUT2D eigenvalue weighted by atomic mass is 35.5. The number of rotatable bonds is 21. The number of ether oxygens (including phenoxy) is 8. The quantitative estimate of drug-likeness (QED) is 0.00630. The summed E-state index contributed by atoms with van der Waals surface area (Å²) in [6, 6.07) is 37.0. The first-order valence-corrected chi connectivity index (χ1v) is 44.4. The number of hydrogen-bond donors (Lipinski definition) is 8. The number of nitrogens with two attached hydrogens (primary N) is 1. The lowest BCUT2D eigenvalue weighted by molar-refractivity contribution is -0.386. The van der Waals surface area contributed by atoms with E-state index in [0.29, 0.717) is 97.4 Å². The second kappa shape index (κ2) is 50.4. The van der Waals surface area contributed by atoms with Gasteiger partial charge in [0.15, 0.2) is 11.5 Å². The van der Waals surface area contributed by atoms with E-state index in [2.05, 4.69) is 82.7 Å². The second-order valence-electron chi connectivity index (χ2n) is 36.0. The van der Waals surface area contributed by atoms with Crippen LogP contribution in [0.15, 0.2) is 127 Å². The SMILES string of the molecule is C1COCCN1.CC(C)(C)c1cc(CN2CCOCC2)c(O)c(NC(=O)C(=O)c2ccc(OCCN3CCOCC3)c3ccccc23)c1.CC(C)(C)c1cc(CN2CCOCC2)c(O)c([N+](=O)[O-])c1.CC(C)(C)c1cc(N)c(O)c(CN2CCOCC2)c1.CC(C)(C)c1ccc(O)c([N+](=O)[O-])c1.CCO.O=C(Cl)C(=O)c1ccc(OCCN2CCOCC2)c2ccccc12. The number of nitro benzene ring substituents is 2. The van der Waals surface area contributed by atoms with Gasteiger partial charge in [0.25, 0.3) is 16.9 Å². The van der Waals surface area contributed by atoms with Crippen LogP contribution < -0.4 is 25.8 Å². The van der Waals surface area contributed by atoms with Crippen molar-refractivity contribution in [1.82, 2.24) is 29.8 Å². The Morgan fingerprint density at radius 3 is 1.15 bits per heavy atom. The highest BCUT2D eigenvalue weighted by Crippen LogP contribution is 2.41. The van der Waals surface area contributed by atoms with Crippen LogP contribution in [-0.4, -0.2) is 273 Å². The zero-order valence-corrected chi connectivity index (χ0v) is 77.9. The highest BCUT2D eigenvalue weighted by molar-refractivity contribution is 6.83. The lowest BCUT2D eigenvalue weighted by atomic mass is 9.85. The number of anilines is 2. The first kappa shape index (κ1) is 104. The molecule has 8 aromatic rings. The van der Waals surface area contributed by atoms with Crippen LogP contribution in [0, 0.1) is 20.2 Å². The molecule has 0 aromatic heterocycles. The molecule has 6 aliphatic heterocycles. The number of phenolic OH excluding ortho intramolecular Hbond substituents is 4. The number of aromatic hydroxyl groups is 4. The van der Waals surface area contributed by atoms with E-state index >= 15 is 0 Å². The summed E-state index contributed by atoms with van der Waals surface area (Å²) in [5.74, 6) is -1.14. The van der Waals surface area contributed by atoms with E-state index in [9.17, 15) is 59.8 Å². The molecule has 0 saturated carbocycles. The number of aliphatic hydroxyl groups excluding tert-OH is 1. The third-order valence-electron chi connectivity index (χ3n) is 22.2. The number of phenols is 4. The van der Waals surface area contributed by atoms with Crippen LogP contribution in [0.4, 0.5) is 22.7 Å². The Morgan fingerprint density at radius 1 is 0.442 bits per heavy atom. The van der Waals surface area contributed by atoms with E-state index in [1.54, 1.807) is 49.4 Å². The maximum Gasteiger partial charge on any atom is 0.311 e. The average molecular weight is 1810 g/mol. The molecule has 0 atom stereocenters. The molecular weight excluding hydrogens is 1680 g/mol. The number of Topliss-reactive ketones (excluding diaryl/α,β-unsaturated/α-hetero) is 2. The van der Waals surface area contributed by atoms with E-state index in [-0.39, 0.29) is 73.9 Å². The molecule has 31 nitrogen and oxygen atoms in total. The Kier molecular flexibility index (Phi) is 40.7. The number of nitrogens with one attached hydrogen (secondary N) is 2. The molecule has 1 amide bonds. The molecule has 0 aliphatic carbocycles. The Balaban J connectivity index is 0.000000204. The molecule has 32 heteroatoms. The smallest absolute Gasteiger partial charge is 0.311 e. The summed E-state index contributed by atoms with van der Waals surface area (Å²) in [4.78, 5) is 81.8. The Hall–Kier alpha value is -10.1. The molecule has 0 spiro atoms. The number of carbonyl (C=O) groups is 4. The number of carbonyl (C=O) groups excluding carboxylic acids is 4. The zero-order chi connectivity index (χ0) is 94.2. The molecule has 14 rings (SSSR count). The standard InChI is InChI=1S/C33H41N3O6.C18H18ClNO4.C15H22N2O4.C15H24N2O2.C10H13NO3.C4H9NO.C2H6O/c1-33(2,3)24-20-23(22-36-12-17-41-18-13-36)30(37)28(21-24)34-32(39)31(38)27-8-9-29(26-7-5-4-6-25(26)27)42-19-14-35-10-15-40-16-11-35;19-18(22)17(21)15-5-6-16(14-4-2-1-3-13(14)15)24-12-9-20-7-10-23-11-8-20;1-15(2,3)12-8-11(10-16-4-6-21-7-5-16)14(18)13(9-12)17(19)20;1-15(2,3)12-8-11(14(18)13(16)9-12)10-17-4-6-19-7-5-17;1-10(2,3)7-4-5-9(12)8(6-7)11(13)14;1-3-6-4-2-5-1;1-2-3/h4-9,20-21,37H,10-19,22H2,1-3H3,(H,34,39);1-6H,7-12H2;8-9,18H,4-7,10H2,1-3H3;8-9,18H,4-7,10,16H2,1-3H3;4-6,12H,1-3H3;5H,1-4H2;3H,2H2,1H3. The number of amides is 1. The van der Waals surface area contributed by atoms with Gasteiger partial charge in [-0.15, -0.1) is 0 Å². The van der Waals surface area contributed by atoms with Crippen molar-refractivity contribution in [3.8, 4) is 34.5 Å². The normalized spacial score (nSPS) is 16.2. The lowest BCUT2D eigenvalue weighted by Gasteiger charge is -2.28. The number of hydrogen-bond acceptors (Lipinski definition) is 28. The van der Waals surface area contributed by atoms with Crippen molar-refractivity contribution in [1.29, 1.82) is 0 Å². The Bertz CT molecular complexity index is 4980. The first-order chi connectivity index (χ1) is 61.3. The molecule has 6 fully saturated rings. The molecule has 6 aliphatic rings. The molecule has 0 bridgehead atoms. The fraction of sp³-hybridized carbons (Fsp3) is 0.505. The molecule has 8 aromatic carbocycles. The van der Waals surface area contributed by atoms with Gasteiger partial charge in [-0.05, 0) is 122 Å². The van der Waals surface area contributed by atoms with Crippen molar-refractivity contribution in [2.75, 3.05) is 202 Å². The van der Waals surface area contributed by atoms with Gasteiger partial charge in [0, 0.05) is 169 Å². The number of nitrogen functional groups attached to an aromatic ring is 1. The highest BCUT2D eigenvalue weighted by Gasteiger charge is 2.30. The van der Waals surface area contributed by atoms with Crippen molar-refractivity contribution < 1.29 is 92.5 Å². The Morgan fingerprint density at radius 2 is 0.783 bits per heavy atom. The minimum Gasteiger partial charge on any atom is -0.505 e. The number of aliphatic hydroxyl groups is 1. The monoisotopic (exact) mass is 1810 g/mol. The number of halogens is 1. The maximum atomic E-state index is 13.5. The molecule has 6 heterocycles. The van der Waals surface area contributed by atoms with Gasteiger partial charge < -0.3 is 79.8 Å². The van der Waals surface area contributed by atoms with E-state index in [4.69, 9.17) is 60.3 Å². The van der Waals surface area contributed by atoms with Crippen LogP contribution in [-0.2, 0) is 79.3 Å². The van der Waals surface area contributed by atoms with Gasteiger partial charge in [-0.25, -0.2) is 0 Å². The van der Waals surface area contributed by atoms with E-state index in [1.807, 2.05) is 102 Å². The summed E-state index contributed by atoms with van der Waals surface area (Å²) >= 11 is 5.34. The molecule has 9 N–H and O–H groups in total. The minimum absolute atomic E-state index is 0.0236. The van der Waals surface area contributed by atoms with Crippen LogP contribution >= 0.6 is 11.6 Å². The third kappa shape index (κ3) is 32.5. The van der Waals surface area contributed by atoms with Crippen molar-refractivity contribution >= 4 is 78.6 Å². The first-order valence-electron chi connectivity index (χ1n) is 44.0. The molecule has 704 valence electrons. The van der Waals surface area contributed by atoms with E-state index < -0.39 is 32.6 Å². The molecule has 0 unspecified atom stereocenters. The number of fused-ring (bicyclic) bond motifs is 2. The fourth-order valence-corrected chi connectivity index (χ4v) is 14.6. The van der Waals surface area contributed by atoms with Crippen LogP contribution in [0.25, 0.3) is 21.5 Å². The van der Waals surface area contributed by atoms with E-state index in [1.165, 1.54) is 18.2 Å². The Labute approximate surface area is 762 Å². The van der Waals surface area contributed by atoms with Gasteiger partial charge in [-0.2, -0.15) is 0 Å². The summed E-state index contributed by atoms with van der Waals surface area (Å²) in [6.07, 6.45) is 0. The fourth-order valence-electron chi connectivity index (χ4n) is 14.5. The van der Waals surface area contributed by atoms with Gasteiger partial charge in [0.2, 0.25) is 5.78 Å². The summed E-state index contributed by atoms with van der Waals surface area (Å²) in [7, 11) is 0. The molecule has 6 saturated heterocycles. The predicted octanol–water partition coefficient (Wildman–Crippen LogP) is 13.4. The second-order valence-corrected chi connectivity index (χ2v) is 36.3. The maximum absolute atomic E-state index is 13.5. The van der Waals surface area contributed by atoms with Gasteiger partial charge >= 0.3 is 11.4 Å². The molecule has 0 radical (unpaired) electrons. The van der Waals surface area contributed by atoms with Gasteiger partial charge in [0.1, 0.15) is 36.2 Å². The summed E-state index contributed by atoms with van der Waals surface area (Å²) in [6.45, 7) is 50.3. The van der Waals surface area contributed by atoms with Crippen LogP contribution in [0.3, 0.4) is 0 Å². The van der Waals surface area contributed by atoms with Crippen molar-refractivity contribution in [3.05, 3.63) is 198 Å². The van der Waals surface area contributed by atoms with Crippen LogP contribution in [0.2, 0.25) is 0 Å². The lowest BCUT2D eigenvalue weighted by Crippen LogP contribution is -2.38. The molecule has 129 heavy (non-hydrogen) atoms. The minimum atomic E-state index is -0.985. The van der Waals surface area contributed by atoms with Crippen LogP contribution in [0.1, 0.15) is 150 Å². The summed E-state index contributed by atoms with van der Waals surface area (Å²) < 4.78 is 43.9. The van der Waals surface area contributed by atoms with Crippen LogP contribution in [0.5, 0.6) is 34.5 Å². The number of benzene rings is 8. The zero-order valence-electron chi connectivity index (χ0n) is 77.1. The molecular formula is C97H133ClN10O21. The average Bonchev–Trinajstić information content (AvgIpc) is 0.800. The van der Waals surface area contributed by atoms with Crippen molar-refractivity contribution in [2.24, 2.45) is 0 Å². The number of nitro groups is 2. The number of nitrogens with zero attached hydrogens (tertiary/aromatic N) is 7. The topological polar surface area (TPSA) is 396 Å². The number of morpholine rings is 6.